The molecule has 0 aromatic heterocycles. The van der Waals surface area contributed by atoms with Gasteiger partial charge in [-0.15, -0.1) is 0 Å². The van der Waals surface area contributed by atoms with E-state index in [1.807, 2.05) is 43.0 Å². The number of hydrogen-bond acceptors (Lipinski definition) is 4. The molecule has 110 valence electrons. The Bertz CT molecular complexity index is 460. The molecule has 0 aliphatic carbocycles. The van der Waals surface area contributed by atoms with Crippen molar-refractivity contribution in [1.29, 1.82) is 0 Å². The summed E-state index contributed by atoms with van der Waals surface area (Å²) in [5.41, 5.74) is 11.5. The van der Waals surface area contributed by atoms with Crippen LogP contribution in [0.2, 0.25) is 0 Å². The van der Waals surface area contributed by atoms with Gasteiger partial charge >= 0.3 is 0 Å². The lowest BCUT2D eigenvalue weighted by Gasteiger charge is -2.24. The van der Waals surface area contributed by atoms with Gasteiger partial charge in [0.1, 0.15) is 17.3 Å². The number of carbonyl (C=O) groups is 1. The third kappa shape index (κ3) is 5.54. The van der Waals surface area contributed by atoms with Crippen molar-refractivity contribution in [3.8, 4) is 5.75 Å². The first-order valence-electron chi connectivity index (χ1n) is 6.45. The highest BCUT2D eigenvalue weighted by Gasteiger charge is 2.11. The minimum absolute atomic E-state index is 0.238. The highest BCUT2D eigenvalue weighted by Crippen LogP contribution is 2.12. The number of primary amides is 1. The third-order valence-electron chi connectivity index (χ3n) is 2.88. The van der Waals surface area contributed by atoms with E-state index in [0.29, 0.717) is 18.1 Å². The van der Waals surface area contributed by atoms with E-state index in [2.05, 4.69) is 0 Å². The second kappa shape index (κ2) is 7.81. The Balaban J connectivity index is 2.46. The maximum Gasteiger partial charge on any atom is 0.231 e. The lowest BCUT2D eigenvalue weighted by molar-refractivity contribution is -0.119. The molecule has 0 unspecified atom stereocenters. The van der Waals surface area contributed by atoms with Crippen LogP contribution < -0.4 is 16.2 Å². The van der Waals surface area contributed by atoms with Crippen molar-refractivity contribution in [1.82, 2.24) is 4.90 Å². The zero-order valence-electron chi connectivity index (χ0n) is 11.8. The molecule has 0 saturated carbocycles. The topological polar surface area (TPSA) is 81.6 Å². The second-order valence-electron chi connectivity index (χ2n) is 4.77. The largest absolute Gasteiger partial charge is 0.492 e. The van der Waals surface area contributed by atoms with Gasteiger partial charge in [-0.25, -0.2) is 0 Å². The second-order valence-corrected chi connectivity index (χ2v) is 5.21. The average molecular weight is 295 g/mol. The highest BCUT2D eigenvalue weighted by molar-refractivity contribution is 7.80. The maximum atomic E-state index is 11.0. The zero-order chi connectivity index (χ0) is 15.1. The molecule has 0 spiro atoms. The Kier molecular flexibility index (Phi) is 6.41. The van der Waals surface area contributed by atoms with Crippen molar-refractivity contribution < 1.29 is 9.53 Å². The van der Waals surface area contributed by atoms with E-state index in [4.69, 9.17) is 28.4 Å². The molecule has 1 aromatic rings. The molecule has 0 heterocycles. The number of amides is 1. The lowest BCUT2D eigenvalue weighted by Crippen LogP contribution is -2.40. The van der Waals surface area contributed by atoms with E-state index in [-0.39, 0.29) is 18.5 Å². The molecular formula is C14H21N3O2S. The summed E-state index contributed by atoms with van der Waals surface area (Å²) in [6.07, 6.45) is 0. The van der Waals surface area contributed by atoms with Crippen LogP contribution in [0.3, 0.4) is 0 Å². The van der Waals surface area contributed by atoms with Gasteiger partial charge in [0.25, 0.3) is 0 Å². The number of nitrogens with zero attached hydrogens (tertiary/aromatic N) is 1. The molecule has 5 nitrogen and oxygen atoms in total. The maximum absolute atomic E-state index is 11.0. The molecule has 20 heavy (non-hydrogen) atoms. The molecule has 1 aromatic carbocycles. The van der Waals surface area contributed by atoms with Gasteiger partial charge < -0.3 is 16.2 Å². The van der Waals surface area contributed by atoms with E-state index in [9.17, 15) is 4.79 Å². The number of ether oxygens (including phenoxy) is 1. The SMILES string of the molecule is CC(C)N(CCOc1ccc(C(N)=S)cc1)CC(N)=O. The first-order chi connectivity index (χ1) is 9.40. The van der Waals surface area contributed by atoms with Crippen LogP contribution in [0.25, 0.3) is 0 Å². The number of nitrogens with two attached hydrogens (primary N) is 2. The first-order valence-corrected chi connectivity index (χ1v) is 6.86. The molecular weight excluding hydrogens is 274 g/mol. The average Bonchev–Trinajstić information content (AvgIpc) is 2.37. The summed E-state index contributed by atoms with van der Waals surface area (Å²) in [7, 11) is 0. The Morgan fingerprint density at radius 2 is 1.90 bits per heavy atom. The van der Waals surface area contributed by atoms with Crippen LogP contribution in [-0.4, -0.2) is 41.5 Å². The normalized spacial score (nSPS) is 10.8. The molecule has 1 amide bonds. The van der Waals surface area contributed by atoms with E-state index < -0.39 is 0 Å². The molecule has 0 atom stereocenters. The lowest BCUT2D eigenvalue weighted by atomic mass is 10.2. The van der Waals surface area contributed by atoms with Gasteiger partial charge in [-0.2, -0.15) is 0 Å². The number of carbonyl (C=O) groups excluding carboxylic acids is 1. The summed E-state index contributed by atoms with van der Waals surface area (Å²) in [5.74, 6) is 0.410. The fourth-order valence-corrected chi connectivity index (χ4v) is 1.85. The van der Waals surface area contributed by atoms with Crippen LogP contribution in [0.1, 0.15) is 19.4 Å². The monoisotopic (exact) mass is 295 g/mol. The molecule has 0 bridgehead atoms. The quantitative estimate of drug-likeness (QED) is 0.696. The number of rotatable bonds is 8. The highest BCUT2D eigenvalue weighted by atomic mass is 32.1. The summed E-state index contributed by atoms with van der Waals surface area (Å²) >= 11 is 4.88. The van der Waals surface area contributed by atoms with Gasteiger partial charge in [0.2, 0.25) is 5.91 Å². The van der Waals surface area contributed by atoms with Crippen molar-refractivity contribution in [2.45, 2.75) is 19.9 Å². The minimum atomic E-state index is -0.334. The smallest absolute Gasteiger partial charge is 0.231 e. The van der Waals surface area contributed by atoms with Gasteiger partial charge in [-0.3, -0.25) is 9.69 Å². The van der Waals surface area contributed by atoms with Gasteiger partial charge in [0.05, 0.1) is 6.54 Å². The Hall–Kier alpha value is -1.66. The number of thiocarbonyl (C=S) groups is 1. The fraction of sp³-hybridized carbons (Fsp3) is 0.429. The van der Waals surface area contributed by atoms with Crippen molar-refractivity contribution in [2.75, 3.05) is 19.7 Å². The van der Waals surface area contributed by atoms with Crippen molar-refractivity contribution >= 4 is 23.1 Å². The predicted molar refractivity (Wildman–Crippen MR) is 83.7 cm³/mol. The van der Waals surface area contributed by atoms with Crippen LogP contribution in [0.4, 0.5) is 0 Å². The molecule has 0 fully saturated rings. The third-order valence-corrected chi connectivity index (χ3v) is 3.11. The molecule has 6 heteroatoms. The number of hydrogen-bond donors (Lipinski definition) is 2. The van der Waals surface area contributed by atoms with Crippen LogP contribution in [0.15, 0.2) is 24.3 Å². The standard InChI is InChI=1S/C14H21N3O2S/c1-10(2)17(9-13(15)18)7-8-19-12-5-3-11(4-6-12)14(16)20/h3-6,10H,7-9H2,1-2H3,(H2,15,18)(H2,16,20). The van der Waals surface area contributed by atoms with Crippen molar-refractivity contribution in [2.24, 2.45) is 11.5 Å². The molecule has 0 radical (unpaired) electrons. The van der Waals surface area contributed by atoms with Crippen LogP contribution in [0.5, 0.6) is 5.75 Å². The van der Waals surface area contributed by atoms with Crippen LogP contribution in [-0.2, 0) is 4.79 Å². The van der Waals surface area contributed by atoms with Gasteiger partial charge in [0, 0.05) is 18.2 Å². The zero-order valence-corrected chi connectivity index (χ0v) is 12.7. The van der Waals surface area contributed by atoms with E-state index in [1.165, 1.54) is 0 Å². The fourth-order valence-electron chi connectivity index (χ4n) is 1.72. The molecule has 0 aliphatic heterocycles. The van der Waals surface area contributed by atoms with Crippen LogP contribution in [0, 0.1) is 0 Å². The molecule has 0 aliphatic rings. The summed E-state index contributed by atoms with van der Waals surface area (Å²) < 4.78 is 5.63. The Morgan fingerprint density at radius 3 is 2.35 bits per heavy atom. The summed E-state index contributed by atoms with van der Waals surface area (Å²) in [6.45, 7) is 5.39. The molecule has 1 rings (SSSR count). The van der Waals surface area contributed by atoms with Gasteiger partial charge in [0.15, 0.2) is 0 Å². The molecule has 4 N–H and O–H groups in total. The van der Waals surface area contributed by atoms with Crippen molar-refractivity contribution in [3.05, 3.63) is 29.8 Å². The Labute approximate surface area is 124 Å². The van der Waals surface area contributed by atoms with Crippen molar-refractivity contribution in [3.63, 3.8) is 0 Å². The van der Waals surface area contributed by atoms with Crippen LogP contribution >= 0.6 is 12.2 Å². The Morgan fingerprint density at radius 1 is 1.30 bits per heavy atom. The first kappa shape index (κ1) is 16.4. The summed E-state index contributed by atoms with van der Waals surface area (Å²) in [5, 5.41) is 0. The van der Waals surface area contributed by atoms with E-state index in [0.717, 1.165) is 11.3 Å². The minimum Gasteiger partial charge on any atom is -0.492 e. The molecule has 0 saturated heterocycles. The van der Waals surface area contributed by atoms with E-state index in [1.54, 1.807) is 0 Å². The van der Waals surface area contributed by atoms with Gasteiger partial charge in [-0.1, -0.05) is 12.2 Å². The summed E-state index contributed by atoms with van der Waals surface area (Å²) in [4.78, 5) is 13.3. The van der Waals surface area contributed by atoms with E-state index >= 15 is 0 Å². The predicted octanol–water partition coefficient (Wildman–Crippen LogP) is 0.895. The van der Waals surface area contributed by atoms with Gasteiger partial charge in [-0.05, 0) is 38.1 Å². The summed E-state index contributed by atoms with van der Waals surface area (Å²) in [6, 6.07) is 7.52. The number of benzene rings is 1.